The van der Waals surface area contributed by atoms with Crippen LogP contribution in [0.15, 0.2) is 10.2 Å². The maximum atomic E-state index is 10.7. The zero-order valence-corrected chi connectivity index (χ0v) is 8.20. The number of thiazole rings is 1. The molecule has 1 atom stereocenters. The Hall–Kier alpha value is -0.610. The summed E-state index contributed by atoms with van der Waals surface area (Å²) in [7, 11) is 0. The van der Waals surface area contributed by atoms with Crippen LogP contribution >= 0.6 is 11.3 Å². The normalized spacial score (nSPS) is 13.2. The van der Waals surface area contributed by atoms with Gasteiger partial charge in [0.15, 0.2) is 0 Å². The first kappa shape index (κ1) is 9.48. The van der Waals surface area contributed by atoms with Crippen LogP contribution in [0, 0.1) is 0 Å². The second-order valence-corrected chi connectivity index (χ2v) is 3.71. The maximum absolute atomic E-state index is 10.7. The molecular weight excluding hydrogens is 172 g/mol. The van der Waals surface area contributed by atoms with Crippen LogP contribution in [0.3, 0.4) is 0 Å². The Labute approximate surface area is 75.8 Å². The van der Waals surface area contributed by atoms with Gasteiger partial charge in [-0.05, 0) is 13.3 Å². The van der Waals surface area contributed by atoms with Gasteiger partial charge in [-0.15, -0.1) is 0 Å². The first-order chi connectivity index (χ1) is 5.72. The van der Waals surface area contributed by atoms with E-state index in [1.165, 1.54) is 11.3 Å². The second kappa shape index (κ2) is 4.42. The first-order valence-electron chi connectivity index (χ1n) is 4.12. The van der Waals surface area contributed by atoms with Crippen molar-refractivity contribution in [2.24, 2.45) is 0 Å². The van der Waals surface area contributed by atoms with Gasteiger partial charge in [-0.1, -0.05) is 18.3 Å². The molecule has 0 saturated heterocycles. The molecule has 0 aliphatic heterocycles. The summed E-state index contributed by atoms with van der Waals surface area (Å²) in [5, 5.41) is 5.16. The summed E-state index contributed by atoms with van der Waals surface area (Å²) < 4.78 is 0. The molecule has 1 heterocycles. The van der Waals surface area contributed by atoms with Gasteiger partial charge >= 0.3 is 4.87 Å². The van der Waals surface area contributed by atoms with Gasteiger partial charge in [0.05, 0.1) is 0 Å². The van der Waals surface area contributed by atoms with Gasteiger partial charge in [0.25, 0.3) is 0 Å². The van der Waals surface area contributed by atoms with Crippen molar-refractivity contribution in [2.75, 3.05) is 0 Å². The molecular formula is C8H14N2OS. The number of rotatable bonds is 4. The molecule has 0 bridgehead atoms. The van der Waals surface area contributed by atoms with Gasteiger partial charge in [-0.3, -0.25) is 4.79 Å². The summed E-state index contributed by atoms with van der Waals surface area (Å²) in [5.41, 5.74) is 0.977. The third kappa shape index (κ3) is 2.79. The van der Waals surface area contributed by atoms with Gasteiger partial charge < -0.3 is 10.3 Å². The quantitative estimate of drug-likeness (QED) is 0.745. The highest BCUT2D eigenvalue weighted by Gasteiger charge is 1.99. The SMILES string of the molecule is CCC(C)NCc1csc(=O)[nH]1. The first-order valence-corrected chi connectivity index (χ1v) is 5.00. The lowest BCUT2D eigenvalue weighted by Crippen LogP contribution is -2.24. The summed E-state index contributed by atoms with van der Waals surface area (Å²) in [4.78, 5) is 13.5. The van der Waals surface area contributed by atoms with Crippen molar-refractivity contribution >= 4 is 11.3 Å². The summed E-state index contributed by atoms with van der Waals surface area (Å²) in [6.45, 7) is 5.02. The number of hydrogen-bond donors (Lipinski definition) is 2. The van der Waals surface area contributed by atoms with E-state index in [4.69, 9.17) is 0 Å². The highest BCUT2D eigenvalue weighted by Crippen LogP contribution is 1.96. The molecule has 0 radical (unpaired) electrons. The minimum Gasteiger partial charge on any atom is -0.315 e. The van der Waals surface area contributed by atoms with Crippen molar-refractivity contribution < 1.29 is 0 Å². The highest BCUT2D eigenvalue weighted by atomic mass is 32.1. The largest absolute Gasteiger partial charge is 0.315 e. The maximum Gasteiger partial charge on any atom is 0.304 e. The van der Waals surface area contributed by atoms with E-state index < -0.39 is 0 Å². The summed E-state index contributed by atoms with van der Waals surface area (Å²) in [6.07, 6.45) is 1.11. The Morgan fingerprint density at radius 3 is 3.00 bits per heavy atom. The van der Waals surface area contributed by atoms with E-state index in [-0.39, 0.29) is 4.87 Å². The molecule has 1 aromatic heterocycles. The highest BCUT2D eigenvalue weighted by molar-refractivity contribution is 7.07. The average molecular weight is 186 g/mol. The van der Waals surface area contributed by atoms with Crippen molar-refractivity contribution in [2.45, 2.75) is 32.9 Å². The van der Waals surface area contributed by atoms with E-state index in [2.05, 4.69) is 24.1 Å². The molecule has 0 aliphatic carbocycles. The van der Waals surface area contributed by atoms with Crippen molar-refractivity contribution in [1.29, 1.82) is 0 Å². The average Bonchev–Trinajstić information content (AvgIpc) is 2.47. The summed E-state index contributed by atoms with van der Waals surface area (Å²) >= 11 is 1.21. The second-order valence-electron chi connectivity index (χ2n) is 2.86. The van der Waals surface area contributed by atoms with Crippen molar-refractivity contribution in [3.8, 4) is 0 Å². The smallest absolute Gasteiger partial charge is 0.304 e. The van der Waals surface area contributed by atoms with Crippen LogP contribution in [0.5, 0.6) is 0 Å². The molecule has 4 heteroatoms. The molecule has 1 unspecified atom stereocenters. The zero-order valence-electron chi connectivity index (χ0n) is 7.39. The Morgan fingerprint density at radius 1 is 1.75 bits per heavy atom. The van der Waals surface area contributed by atoms with Gasteiger partial charge in [-0.25, -0.2) is 0 Å². The molecule has 0 spiro atoms. The number of aromatic amines is 1. The number of H-pyrrole nitrogens is 1. The molecule has 0 aromatic carbocycles. The molecule has 3 nitrogen and oxygen atoms in total. The molecule has 0 saturated carbocycles. The van der Waals surface area contributed by atoms with E-state index in [0.717, 1.165) is 18.7 Å². The fourth-order valence-electron chi connectivity index (χ4n) is 0.829. The zero-order chi connectivity index (χ0) is 8.97. The Balaban J connectivity index is 2.38. The lowest BCUT2D eigenvalue weighted by atomic mass is 10.2. The topological polar surface area (TPSA) is 44.9 Å². The fraction of sp³-hybridized carbons (Fsp3) is 0.625. The molecule has 68 valence electrons. The van der Waals surface area contributed by atoms with E-state index in [1.54, 1.807) is 0 Å². The van der Waals surface area contributed by atoms with Crippen LogP contribution in [-0.4, -0.2) is 11.0 Å². The van der Waals surface area contributed by atoms with Gasteiger partial charge in [0.1, 0.15) is 0 Å². The molecule has 0 fully saturated rings. The van der Waals surface area contributed by atoms with Crippen LogP contribution in [-0.2, 0) is 6.54 Å². The molecule has 0 aliphatic rings. The van der Waals surface area contributed by atoms with Gasteiger partial charge in [0, 0.05) is 23.7 Å². The number of hydrogen-bond acceptors (Lipinski definition) is 3. The molecule has 1 rings (SSSR count). The number of nitrogens with one attached hydrogen (secondary N) is 2. The lowest BCUT2D eigenvalue weighted by molar-refractivity contribution is 0.530. The molecule has 1 aromatic rings. The van der Waals surface area contributed by atoms with E-state index in [0.29, 0.717) is 6.04 Å². The van der Waals surface area contributed by atoms with Crippen molar-refractivity contribution in [1.82, 2.24) is 10.3 Å². The number of aromatic nitrogens is 1. The third-order valence-corrected chi connectivity index (χ3v) is 2.54. The van der Waals surface area contributed by atoms with Gasteiger partial charge in [-0.2, -0.15) is 0 Å². The molecule has 0 amide bonds. The monoisotopic (exact) mass is 186 g/mol. The van der Waals surface area contributed by atoms with Crippen molar-refractivity contribution in [3.63, 3.8) is 0 Å². The lowest BCUT2D eigenvalue weighted by Gasteiger charge is -2.08. The Kier molecular flexibility index (Phi) is 3.49. The van der Waals surface area contributed by atoms with Crippen LogP contribution in [0.4, 0.5) is 0 Å². The van der Waals surface area contributed by atoms with Crippen LogP contribution in [0.25, 0.3) is 0 Å². The van der Waals surface area contributed by atoms with Crippen molar-refractivity contribution in [3.05, 3.63) is 20.7 Å². The summed E-state index contributed by atoms with van der Waals surface area (Å²) in [5.74, 6) is 0. The Morgan fingerprint density at radius 2 is 2.50 bits per heavy atom. The fourth-order valence-corrected chi connectivity index (χ4v) is 1.41. The van der Waals surface area contributed by atoms with E-state index in [1.807, 2.05) is 5.38 Å². The standard InChI is InChI=1S/C8H14N2OS/c1-3-6(2)9-4-7-5-12-8(11)10-7/h5-6,9H,3-4H2,1-2H3,(H,10,11). The van der Waals surface area contributed by atoms with E-state index in [9.17, 15) is 4.79 Å². The van der Waals surface area contributed by atoms with E-state index >= 15 is 0 Å². The molecule has 12 heavy (non-hydrogen) atoms. The third-order valence-electron chi connectivity index (χ3n) is 1.82. The summed E-state index contributed by atoms with van der Waals surface area (Å²) in [6, 6.07) is 0.508. The predicted molar refractivity (Wildman–Crippen MR) is 51.5 cm³/mol. The minimum atomic E-state index is 0.0240. The van der Waals surface area contributed by atoms with Crippen LogP contribution < -0.4 is 10.2 Å². The van der Waals surface area contributed by atoms with Crippen LogP contribution in [0.1, 0.15) is 26.0 Å². The predicted octanol–water partition coefficient (Wildman–Crippen LogP) is 1.32. The van der Waals surface area contributed by atoms with Crippen LogP contribution in [0.2, 0.25) is 0 Å². The van der Waals surface area contributed by atoms with Gasteiger partial charge in [0.2, 0.25) is 0 Å². The molecule has 2 N–H and O–H groups in total. The Bertz CT molecular complexity index is 279. The minimum absolute atomic E-state index is 0.0240.